The van der Waals surface area contributed by atoms with Crippen LogP contribution in [0.1, 0.15) is 128 Å². The fourth-order valence-electron chi connectivity index (χ4n) is 15.5. The predicted molar refractivity (Wildman–Crippen MR) is 329 cm³/mol. The SMILES string of the molecule is CC(C)(C)c1ccc(N2B3c4cc5nc(-c6ccccc6)n(-c6ccccc6)c5cc4-n4c5cc6c(cc5c5ccc(c3c54)-c3cc4c(cc32)-c2cc3c(cc2C4(C)C)C(C)(C)CCC3(C)C)C(C)(C)c2ccccc2-6)cc1. The standard InChI is InChI=1S/C73H65BN4/c1-69(2,3)43-26-28-45(29-27-43)78-63-38-51-49-34-58-59(71(6,7)33-32-70(58,4)5)39-57(49)73(10,11)56(51)35-52(63)47-30-31-48-53-36-55-50(46-24-18-19-25-54(46)72(55,8)9)37-62(53)77-64-41-65-61(40-60(64)74(78)66(47)67(48)77)75-68(42-20-14-12-15-21-42)76(65)44-22-16-13-17-23-44/h12-31,34-41H,32-33H2,1-11H3. The molecule has 4 heterocycles. The summed E-state index contributed by atoms with van der Waals surface area (Å²) in [7, 11) is 0. The molecule has 380 valence electrons. The molecule has 11 aromatic rings. The van der Waals surface area contributed by atoms with Crippen LogP contribution in [0.25, 0.3) is 89.0 Å². The van der Waals surface area contributed by atoms with Gasteiger partial charge in [0.15, 0.2) is 0 Å². The number of fused-ring (bicyclic) bond motifs is 16. The second kappa shape index (κ2) is 15.0. The number of imidazole rings is 1. The summed E-state index contributed by atoms with van der Waals surface area (Å²) in [5.74, 6) is 0.936. The summed E-state index contributed by atoms with van der Waals surface area (Å²) in [6, 6.07) is 65.8. The molecule has 0 N–H and O–H groups in total. The highest BCUT2D eigenvalue weighted by Crippen LogP contribution is 2.58. The number of hydrogen-bond acceptors (Lipinski definition) is 2. The summed E-state index contributed by atoms with van der Waals surface area (Å²) in [5.41, 5.74) is 31.0. The third-order valence-corrected chi connectivity index (χ3v) is 19.9. The van der Waals surface area contributed by atoms with Gasteiger partial charge in [-0.1, -0.05) is 179 Å². The van der Waals surface area contributed by atoms with Gasteiger partial charge in [0.05, 0.1) is 22.1 Å². The summed E-state index contributed by atoms with van der Waals surface area (Å²) in [6.07, 6.45) is 2.38. The zero-order valence-corrected chi connectivity index (χ0v) is 46.9. The minimum absolute atomic E-state index is 0.00207. The van der Waals surface area contributed by atoms with Gasteiger partial charge in [0.1, 0.15) is 5.82 Å². The molecule has 0 fully saturated rings. The Morgan fingerprint density at radius 3 is 1.79 bits per heavy atom. The fraction of sp³-hybridized carbons (Fsp3) is 0.247. The highest BCUT2D eigenvalue weighted by molar-refractivity contribution is 6.93. The molecule has 9 aromatic carbocycles. The second-order valence-electron chi connectivity index (χ2n) is 27.0. The van der Waals surface area contributed by atoms with Crippen molar-refractivity contribution in [3.63, 3.8) is 0 Å². The van der Waals surface area contributed by atoms with Crippen LogP contribution < -0.4 is 15.7 Å². The van der Waals surface area contributed by atoms with Crippen LogP contribution in [0.15, 0.2) is 170 Å². The average molecular weight is 1010 g/mol. The van der Waals surface area contributed by atoms with Crippen LogP contribution in [-0.4, -0.2) is 21.0 Å². The molecule has 0 amide bonds. The van der Waals surface area contributed by atoms with E-state index in [0.717, 1.165) is 28.1 Å². The number of aromatic nitrogens is 3. The zero-order valence-electron chi connectivity index (χ0n) is 46.9. The molecule has 0 saturated heterocycles. The molecular weight excluding hydrogens is 944 g/mol. The Bertz CT molecular complexity index is 4460. The molecule has 0 spiro atoms. The van der Waals surface area contributed by atoms with E-state index in [-0.39, 0.29) is 33.9 Å². The quantitative estimate of drug-likeness (QED) is 0.165. The first-order chi connectivity index (χ1) is 37.3. The van der Waals surface area contributed by atoms with Crippen LogP contribution >= 0.6 is 0 Å². The van der Waals surface area contributed by atoms with Crippen molar-refractivity contribution in [2.45, 2.75) is 116 Å². The maximum absolute atomic E-state index is 5.68. The van der Waals surface area contributed by atoms with Gasteiger partial charge in [-0.2, -0.15) is 0 Å². The smallest absolute Gasteiger partial charge is 0.333 e. The van der Waals surface area contributed by atoms with Gasteiger partial charge in [-0.05, 0) is 174 Å². The molecule has 2 aliphatic heterocycles. The number of hydrogen-bond donors (Lipinski definition) is 0. The maximum atomic E-state index is 5.68. The van der Waals surface area contributed by atoms with Crippen molar-refractivity contribution in [3.05, 3.63) is 209 Å². The molecule has 0 saturated carbocycles. The van der Waals surface area contributed by atoms with Gasteiger partial charge < -0.3 is 9.38 Å². The summed E-state index contributed by atoms with van der Waals surface area (Å²) in [4.78, 5) is 8.41. The van der Waals surface area contributed by atoms with Crippen molar-refractivity contribution in [1.29, 1.82) is 0 Å². The van der Waals surface area contributed by atoms with Crippen LogP contribution in [0.5, 0.6) is 0 Å². The highest BCUT2D eigenvalue weighted by Gasteiger charge is 2.48. The van der Waals surface area contributed by atoms with Gasteiger partial charge in [-0.25, -0.2) is 4.98 Å². The summed E-state index contributed by atoms with van der Waals surface area (Å²) < 4.78 is 5.06. The van der Waals surface area contributed by atoms with Crippen molar-refractivity contribution in [1.82, 2.24) is 14.1 Å². The van der Waals surface area contributed by atoms with E-state index in [1.807, 2.05) is 0 Å². The van der Waals surface area contributed by atoms with Crippen molar-refractivity contribution in [2.24, 2.45) is 0 Å². The largest absolute Gasteiger partial charge is 0.376 e. The molecule has 0 atom stereocenters. The molecule has 0 unspecified atom stereocenters. The lowest BCUT2D eigenvalue weighted by Crippen LogP contribution is -2.60. The maximum Gasteiger partial charge on any atom is 0.333 e. The average Bonchev–Trinajstić information content (AvgIpc) is 3.34. The summed E-state index contributed by atoms with van der Waals surface area (Å²) >= 11 is 0. The molecule has 0 radical (unpaired) electrons. The van der Waals surface area contributed by atoms with E-state index in [2.05, 4.69) is 260 Å². The lowest BCUT2D eigenvalue weighted by atomic mass is 9.44. The van der Waals surface area contributed by atoms with Crippen molar-refractivity contribution in [3.8, 4) is 56.1 Å². The van der Waals surface area contributed by atoms with E-state index < -0.39 is 0 Å². The number of rotatable bonds is 3. The van der Waals surface area contributed by atoms with E-state index in [1.54, 1.807) is 0 Å². The van der Waals surface area contributed by atoms with Crippen LogP contribution in [-0.2, 0) is 27.1 Å². The molecule has 4 nitrogen and oxygen atoms in total. The lowest BCUT2D eigenvalue weighted by Gasteiger charge is -2.42. The normalized spacial score (nSPS) is 17.2. The third kappa shape index (κ3) is 5.95. The lowest BCUT2D eigenvalue weighted by molar-refractivity contribution is 0.331. The van der Waals surface area contributed by atoms with Crippen LogP contribution in [0, 0.1) is 0 Å². The monoisotopic (exact) mass is 1010 g/mol. The predicted octanol–water partition coefficient (Wildman–Crippen LogP) is 17.3. The van der Waals surface area contributed by atoms with Gasteiger partial charge in [0.2, 0.25) is 0 Å². The van der Waals surface area contributed by atoms with Crippen molar-refractivity contribution < 1.29 is 0 Å². The van der Waals surface area contributed by atoms with E-state index >= 15 is 0 Å². The molecule has 5 aliphatic rings. The Labute approximate surface area is 459 Å². The number of para-hydroxylation sites is 1. The topological polar surface area (TPSA) is 26.0 Å². The molecule has 3 aliphatic carbocycles. The third-order valence-electron chi connectivity index (χ3n) is 19.9. The Morgan fingerprint density at radius 1 is 0.449 bits per heavy atom. The van der Waals surface area contributed by atoms with Crippen molar-refractivity contribution >= 4 is 62.0 Å². The van der Waals surface area contributed by atoms with Crippen LogP contribution in [0.4, 0.5) is 11.4 Å². The zero-order chi connectivity index (χ0) is 53.3. The number of nitrogens with zero attached hydrogens (tertiary/aromatic N) is 4. The van der Waals surface area contributed by atoms with Crippen LogP contribution in [0.2, 0.25) is 0 Å². The van der Waals surface area contributed by atoms with Gasteiger partial charge in [0.25, 0.3) is 0 Å². The van der Waals surface area contributed by atoms with E-state index in [0.29, 0.717) is 0 Å². The van der Waals surface area contributed by atoms with Gasteiger partial charge in [-0.15, -0.1) is 0 Å². The first-order valence-electron chi connectivity index (χ1n) is 28.5. The van der Waals surface area contributed by atoms with E-state index in [9.17, 15) is 0 Å². The van der Waals surface area contributed by atoms with E-state index in [4.69, 9.17) is 4.98 Å². The number of anilines is 2. The van der Waals surface area contributed by atoms with Gasteiger partial charge in [-0.3, -0.25) is 4.57 Å². The fourth-order valence-corrected chi connectivity index (χ4v) is 15.5. The second-order valence-corrected chi connectivity index (χ2v) is 27.0. The molecule has 78 heavy (non-hydrogen) atoms. The molecule has 0 bridgehead atoms. The van der Waals surface area contributed by atoms with Crippen molar-refractivity contribution in [2.75, 3.05) is 4.81 Å². The summed E-state index contributed by atoms with van der Waals surface area (Å²) in [5, 5.41) is 2.60. The Kier molecular flexibility index (Phi) is 8.90. The Balaban J connectivity index is 1.05. The molecule has 2 aromatic heterocycles. The van der Waals surface area contributed by atoms with Gasteiger partial charge in [0, 0.05) is 55.5 Å². The first-order valence-corrected chi connectivity index (χ1v) is 28.5. The minimum Gasteiger partial charge on any atom is -0.376 e. The number of benzene rings is 9. The Hall–Kier alpha value is -7.89. The van der Waals surface area contributed by atoms with Gasteiger partial charge >= 0.3 is 6.85 Å². The summed E-state index contributed by atoms with van der Waals surface area (Å²) in [6.45, 7) is 26.5. The Morgan fingerprint density at radius 2 is 1.06 bits per heavy atom. The molecule has 16 rings (SSSR count). The minimum atomic E-state index is -0.200. The van der Waals surface area contributed by atoms with Crippen LogP contribution in [0.3, 0.4) is 0 Å². The van der Waals surface area contributed by atoms with E-state index in [1.165, 1.54) is 135 Å². The first kappa shape index (κ1) is 46.2. The molecular formula is C73H65BN4. The molecule has 5 heteroatoms. The highest BCUT2D eigenvalue weighted by atomic mass is 15.1.